The Morgan fingerprint density at radius 3 is 2.61 bits per heavy atom. The molecule has 0 radical (unpaired) electrons. The van der Waals surface area contributed by atoms with Gasteiger partial charge in [-0.25, -0.2) is 4.98 Å². The number of benzene rings is 2. The average molecular weight is 240 g/mol. The molecule has 2 aromatic carbocycles. The van der Waals surface area contributed by atoms with E-state index in [0.717, 1.165) is 11.0 Å². The molecule has 0 aliphatic carbocycles. The minimum absolute atomic E-state index is 0.00681. The van der Waals surface area contributed by atoms with E-state index < -0.39 is 0 Å². The first-order valence-corrected chi connectivity index (χ1v) is 5.49. The lowest BCUT2D eigenvalue weighted by molar-refractivity contribution is 0.475. The SMILES string of the molecule is Nc1cccc(-n2c(N)nc3ccccc32)c1O. The summed E-state index contributed by atoms with van der Waals surface area (Å²) in [5, 5.41) is 10.0. The summed E-state index contributed by atoms with van der Waals surface area (Å²) in [6.45, 7) is 0. The van der Waals surface area contributed by atoms with E-state index in [1.807, 2.05) is 24.3 Å². The van der Waals surface area contributed by atoms with Crippen LogP contribution >= 0.6 is 0 Å². The Morgan fingerprint density at radius 2 is 1.78 bits per heavy atom. The topological polar surface area (TPSA) is 90.1 Å². The van der Waals surface area contributed by atoms with Crippen LogP contribution in [0.3, 0.4) is 0 Å². The van der Waals surface area contributed by atoms with Crippen molar-refractivity contribution in [2.75, 3.05) is 11.5 Å². The Morgan fingerprint density at radius 1 is 1.00 bits per heavy atom. The molecule has 0 amide bonds. The number of aromatic nitrogens is 2. The first-order valence-electron chi connectivity index (χ1n) is 5.49. The fraction of sp³-hybridized carbons (Fsp3) is 0. The highest BCUT2D eigenvalue weighted by Gasteiger charge is 2.13. The van der Waals surface area contributed by atoms with E-state index in [0.29, 0.717) is 17.3 Å². The summed E-state index contributed by atoms with van der Waals surface area (Å²) in [4.78, 5) is 4.25. The molecule has 0 saturated heterocycles. The van der Waals surface area contributed by atoms with E-state index in [4.69, 9.17) is 11.5 Å². The number of phenolic OH excluding ortho intramolecular Hbond substituents is 1. The van der Waals surface area contributed by atoms with Crippen LogP contribution in [0.25, 0.3) is 16.7 Å². The van der Waals surface area contributed by atoms with E-state index in [9.17, 15) is 5.11 Å². The van der Waals surface area contributed by atoms with E-state index in [1.54, 1.807) is 22.8 Å². The van der Waals surface area contributed by atoms with Crippen LogP contribution in [0.15, 0.2) is 42.5 Å². The molecule has 90 valence electrons. The van der Waals surface area contributed by atoms with E-state index in [2.05, 4.69) is 4.98 Å². The number of para-hydroxylation sites is 3. The summed E-state index contributed by atoms with van der Waals surface area (Å²) < 4.78 is 1.68. The van der Waals surface area contributed by atoms with Crippen LogP contribution in [0.5, 0.6) is 5.75 Å². The third kappa shape index (κ3) is 1.37. The minimum atomic E-state index is 0.00681. The van der Waals surface area contributed by atoms with Crippen LogP contribution < -0.4 is 11.5 Å². The van der Waals surface area contributed by atoms with Gasteiger partial charge in [-0.15, -0.1) is 0 Å². The molecular weight excluding hydrogens is 228 g/mol. The number of hydrogen-bond donors (Lipinski definition) is 3. The van der Waals surface area contributed by atoms with Gasteiger partial charge in [-0.3, -0.25) is 4.57 Å². The lowest BCUT2D eigenvalue weighted by Gasteiger charge is -2.10. The van der Waals surface area contributed by atoms with Crippen molar-refractivity contribution in [3.8, 4) is 11.4 Å². The van der Waals surface area contributed by atoms with E-state index in [1.165, 1.54) is 0 Å². The highest BCUT2D eigenvalue weighted by atomic mass is 16.3. The number of imidazole rings is 1. The second kappa shape index (κ2) is 3.66. The smallest absolute Gasteiger partial charge is 0.206 e. The maximum Gasteiger partial charge on any atom is 0.206 e. The van der Waals surface area contributed by atoms with Crippen LogP contribution in [0, 0.1) is 0 Å². The quantitative estimate of drug-likeness (QED) is 0.447. The number of aromatic hydroxyl groups is 1. The molecule has 5 N–H and O–H groups in total. The van der Waals surface area contributed by atoms with Gasteiger partial charge >= 0.3 is 0 Å². The molecule has 3 rings (SSSR count). The zero-order valence-electron chi connectivity index (χ0n) is 9.54. The molecular formula is C13H12N4O. The summed E-state index contributed by atoms with van der Waals surface area (Å²) in [6, 6.07) is 12.7. The number of hydrogen-bond acceptors (Lipinski definition) is 4. The Labute approximate surface area is 103 Å². The number of fused-ring (bicyclic) bond motifs is 1. The fourth-order valence-electron chi connectivity index (χ4n) is 2.03. The molecule has 0 unspecified atom stereocenters. The third-order valence-corrected chi connectivity index (χ3v) is 2.87. The molecule has 1 aromatic heterocycles. The minimum Gasteiger partial charge on any atom is -0.504 e. The lowest BCUT2D eigenvalue weighted by Crippen LogP contribution is -2.02. The summed E-state index contributed by atoms with van der Waals surface area (Å²) in [6.07, 6.45) is 0. The van der Waals surface area contributed by atoms with Gasteiger partial charge in [0.1, 0.15) is 0 Å². The van der Waals surface area contributed by atoms with Crippen LogP contribution in [-0.4, -0.2) is 14.7 Å². The average Bonchev–Trinajstić information content (AvgIpc) is 2.69. The lowest BCUT2D eigenvalue weighted by atomic mass is 10.2. The normalized spacial score (nSPS) is 10.9. The van der Waals surface area contributed by atoms with Crippen molar-refractivity contribution in [2.45, 2.75) is 0 Å². The fourth-order valence-corrected chi connectivity index (χ4v) is 2.03. The van der Waals surface area contributed by atoms with Gasteiger partial charge in [-0.1, -0.05) is 18.2 Å². The van der Waals surface area contributed by atoms with Gasteiger partial charge in [0.05, 0.1) is 22.4 Å². The Bertz CT molecular complexity index is 733. The van der Waals surface area contributed by atoms with Gasteiger partial charge < -0.3 is 16.6 Å². The zero-order chi connectivity index (χ0) is 12.7. The van der Waals surface area contributed by atoms with Crippen molar-refractivity contribution < 1.29 is 5.11 Å². The Kier molecular flexibility index (Phi) is 2.13. The second-order valence-corrected chi connectivity index (χ2v) is 4.01. The van der Waals surface area contributed by atoms with E-state index >= 15 is 0 Å². The molecule has 5 heteroatoms. The predicted octanol–water partition coefficient (Wildman–Crippen LogP) is 1.90. The number of rotatable bonds is 1. The van der Waals surface area contributed by atoms with Gasteiger partial charge in [0.25, 0.3) is 0 Å². The van der Waals surface area contributed by atoms with Crippen molar-refractivity contribution in [3.63, 3.8) is 0 Å². The number of nitrogen functional groups attached to an aromatic ring is 2. The Hall–Kier alpha value is -2.69. The highest BCUT2D eigenvalue weighted by Crippen LogP contribution is 2.32. The molecule has 1 heterocycles. The van der Waals surface area contributed by atoms with Crippen LogP contribution in [0.4, 0.5) is 11.6 Å². The summed E-state index contributed by atoms with van der Waals surface area (Å²) in [5.74, 6) is 0.324. The molecule has 0 aliphatic heterocycles. The van der Waals surface area contributed by atoms with Gasteiger partial charge in [-0.2, -0.15) is 0 Å². The monoisotopic (exact) mass is 240 g/mol. The van der Waals surface area contributed by atoms with Gasteiger partial charge in [0.15, 0.2) is 5.75 Å². The van der Waals surface area contributed by atoms with Crippen molar-refractivity contribution in [1.29, 1.82) is 0 Å². The maximum absolute atomic E-state index is 10.0. The first kappa shape index (κ1) is 10.5. The summed E-state index contributed by atoms with van der Waals surface area (Å²) in [7, 11) is 0. The van der Waals surface area contributed by atoms with E-state index in [-0.39, 0.29) is 5.75 Å². The highest BCUT2D eigenvalue weighted by molar-refractivity contribution is 5.82. The molecule has 3 aromatic rings. The van der Waals surface area contributed by atoms with Gasteiger partial charge in [-0.05, 0) is 24.3 Å². The molecule has 5 nitrogen and oxygen atoms in total. The summed E-state index contributed by atoms with van der Waals surface area (Å²) >= 11 is 0. The van der Waals surface area contributed by atoms with Crippen LogP contribution in [-0.2, 0) is 0 Å². The van der Waals surface area contributed by atoms with Crippen molar-refractivity contribution in [3.05, 3.63) is 42.5 Å². The number of anilines is 2. The standard InChI is InChI=1S/C13H12N4O/c14-8-4-3-7-11(12(8)18)17-10-6-2-1-5-9(10)16-13(17)15/h1-7,18H,14H2,(H2,15,16). The van der Waals surface area contributed by atoms with Crippen molar-refractivity contribution in [1.82, 2.24) is 9.55 Å². The molecule has 0 spiro atoms. The molecule has 0 atom stereocenters. The third-order valence-electron chi connectivity index (χ3n) is 2.87. The Balaban J connectivity index is 2.38. The van der Waals surface area contributed by atoms with Gasteiger partial charge in [0.2, 0.25) is 5.95 Å². The molecule has 18 heavy (non-hydrogen) atoms. The van der Waals surface area contributed by atoms with Crippen molar-refractivity contribution >= 4 is 22.7 Å². The summed E-state index contributed by atoms with van der Waals surface area (Å²) in [5.41, 5.74) is 14.0. The number of nitrogens with zero attached hydrogens (tertiary/aromatic N) is 2. The molecule has 0 saturated carbocycles. The first-order chi connectivity index (χ1) is 8.68. The van der Waals surface area contributed by atoms with Crippen molar-refractivity contribution in [2.24, 2.45) is 0 Å². The second-order valence-electron chi connectivity index (χ2n) is 4.01. The molecule has 0 bridgehead atoms. The predicted molar refractivity (Wildman–Crippen MR) is 71.6 cm³/mol. The largest absolute Gasteiger partial charge is 0.504 e. The molecule has 0 fully saturated rings. The van der Waals surface area contributed by atoms with Crippen LogP contribution in [0.1, 0.15) is 0 Å². The number of nitrogens with two attached hydrogens (primary N) is 2. The number of phenols is 1. The maximum atomic E-state index is 10.0. The molecule has 0 aliphatic rings. The zero-order valence-corrected chi connectivity index (χ0v) is 9.54. The van der Waals surface area contributed by atoms with Crippen LogP contribution in [0.2, 0.25) is 0 Å². The van der Waals surface area contributed by atoms with Gasteiger partial charge in [0, 0.05) is 0 Å².